The van der Waals surface area contributed by atoms with E-state index >= 15 is 0 Å². The van der Waals surface area contributed by atoms with Gasteiger partial charge in [0.05, 0.1) is 24.0 Å². The molecule has 9 nitrogen and oxygen atoms in total. The number of likely N-dealkylation sites (tertiary alicyclic amines) is 1. The van der Waals surface area contributed by atoms with Gasteiger partial charge in [0.15, 0.2) is 11.4 Å². The number of amides is 1. The maximum atomic E-state index is 12.4. The fraction of sp³-hybridized carbons (Fsp3) is 0.407. The maximum absolute atomic E-state index is 12.4. The third-order valence-corrected chi connectivity index (χ3v) is 6.97. The molecule has 1 amide bonds. The van der Waals surface area contributed by atoms with Crippen LogP contribution in [-0.2, 0) is 4.74 Å². The molecule has 0 bridgehead atoms. The van der Waals surface area contributed by atoms with E-state index in [1.807, 2.05) is 40.9 Å². The van der Waals surface area contributed by atoms with Crippen molar-refractivity contribution in [2.24, 2.45) is 0 Å². The molecule has 0 unspecified atom stereocenters. The summed E-state index contributed by atoms with van der Waals surface area (Å²) in [6.07, 6.45) is 5.40. The fourth-order valence-corrected chi connectivity index (χ4v) is 4.84. The third-order valence-electron chi connectivity index (χ3n) is 6.97. The Labute approximate surface area is 211 Å². The van der Waals surface area contributed by atoms with E-state index in [4.69, 9.17) is 4.74 Å². The Balaban J connectivity index is 1.26. The summed E-state index contributed by atoms with van der Waals surface area (Å²) in [6.45, 7) is 6.11. The number of nitrogens with one attached hydrogen (secondary N) is 3. The van der Waals surface area contributed by atoms with Gasteiger partial charge in [-0.25, -0.2) is 10.4 Å². The number of aromatic amines is 1. The molecule has 0 saturated carbocycles. The number of nitrogens with two attached hydrogens (primary N) is 1. The van der Waals surface area contributed by atoms with Gasteiger partial charge in [-0.15, -0.1) is 0 Å². The van der Waals surface area contributed by atoms with Crippen LogP contribution in [0.2, 0.25) is 0 Å². The summed E-state index contributed by atoms with van der Waals surface area (Å²) in [5, 5.41) is 13.8. The second kappa shape index (κ2) is 11.2. The van der Waals surface area contributed by atoms with Crippen LogP contribution in [0.4, 0.5) is 5.69 Å². The van der Waals surface area contributed by atoms with Gasteiger partial charge in [0, 0.05) is 24.1 Å². The Bertz CT molecular complexity index is 1210. The number of aromatic nitrogens is 2. The number of hydrogen-bond donors (Lipinski definition) is 4. The van der Waals surface area contributed by atoms with Crippen molar-refractivity contribution in [1.82, 2.24) is 25.9 Å². The van der Waals surface area contributed by atoms with Crippen LogP contribution >= 0.6 is 0 Å². The smallest absolute Gasteiger partial charge is 0.251 e. The number of fused-ring (bicyclic) bond motifs is 1. The molecule has 1 saturated heterocycles. The molecule has 3 heterocycles. The quantitative estimate of drug-likeness (QED) is 0.271. The molecule has 0 aliphatic carbocycles. The first-order valence-electron chi connectivity index (χ1n) is 12.9. The van der Waals surface area contributed by atoms with E-state index in [0.29, 0.717) is 31.2 Å². The first kappa shape index (κ1) is 24.5. The Morgan fingerprint density at radius 3 is 2.75 bits per heavy atom. The molecule has 9 heteroatoms. The number of quaternary nitrogens is 1. The van der Waals surface area contributed by atoms with Crippen LogP contribution in [0.1, 0.15) is 53.7 Å². The average Bonchev–Trinajstić information content (AvgIpc) is 3.56. The Hall–Kier alpha value is -3.24. The lowest BCUT2D eigenvalue weighted by Gasteiger charge is -2.29. The van der Waals surface area contributed by atoms with Gasteiger partial charge < -0.3 is 15.0 Å². The van der Waals surface area contributed by atoms with Crippen LogP contribution in [-0.4, -0.2) is 60.9 Å². The lowest BCUT2D eigenvalue weighted by atomic mass is 9.89. The van der Waals surface area contributed by atoms with E-state index < -0.39 is 0 Å². The molecule has 0 radical (unpaired) electrons. The second-order valence-corrected chi connectivity index (χ2v) is 9.60. The third kappa shape index (κ3) is 5.44. The molecular weight excluding hydrogens is 454 g/mol. The molecule has 0 spiro atoms. The molecule has 5 rings (SSSR count). The molecule has 1 fully saturated rings. The van der Waals surface area contributed by atoms with Gasteiger partial charge in [-0.1, -0.05) is 18.5 Å². The highest BCUT2D eigenvalue weighted by Crippen LogP contribution is 2.31. The van der Waals surface area contributed by atoms with Crippen LogP contribution in [0.25, 0.3) is 16.6 Å². The van der Waals surface area contributed by atoms with Gasteiger partial charge in [-0.3, -0.25) is 9.89 Å². The van der Waals surface area contributed by atoms with Crippen molar-refractivity contribution in [3.8, 4) is 0 Å². The summed E-state index contributed by atoms with van der Waals surface area (Å²) < 4.78 is 5.42. The van der Waals surface area contributed by atoms with Gasteiger partial charge in [0.2, 0.25) is 0 Å². The molecule has 190 valence electrons. The number of hydrazine groups is 1. The highest BCUT2D eigenvalue weighted by molar-refractivity contribution is 5.94. The van der Waals surface area contributed by atoms with Crippen molar-refractivity contribution in [2.45, 2.75) is 32.1 Å². The number of carbonyl (C=O) groups is 1. The largest absolute Gasteiger partial charge is 0.380 e. The lowest BCUT2D eigenvalue weighted by molar-refractivity contribution is -0.618. The number of anilines is 1. The lowest BCUT2D eigenvalue weighted by Crippen LogP contribution is -2.90. The van der Waals surface area contributed by atoms with E-state index in [0.717, 1.165) is 47.5 Å². The number of nitrogens with zero attached hydrogens (tertiary/aromatic N) is 3. The predicted molar refractivity (Wildman–Crippen MR) is 141 cm³/mol. The first-order valence-corrected chi connectivity index (χ1v) is 12.9. The number of ether oxygens (including phenoxy) is 1. The maximum Gasteiger partial charge on any atom is 0.251 e. The van der Waals surface area contributed by atoms with Gasteiger partial charge in [0.25, 0.3) is 5.91 Å². The number of H-pyrrole nitrogens is 1. The van der Waals surface area contributed by atoms with Gasteiger partial charge in [-0.05, 0) is 87.3 Å². The van der Waals surface area contributed by atoms with Crippen molar-refractivity contribution in [2.75, 3.05) is 44.9 Å². The summed E-state index contributed by atoms with van der Waals surface area (Å²) in [7, 11) is 2.20. The second-order valence-electron chi connectivity index (χ2n) is 9.60. The molecular formula is C27H36N7O2+. The van der Waals surface area contributed by atoms with Crippen LogP contribution in [0.3, 0.4) is 0 Å². The molecule has 0 atom stereocenters. The predicted octanol–water partition coefficient (Wildman–Crippen LogP) is 2.33. The monoisotopic (exact) mass is 490 g/mol. The molecule has 1 aromatic heterocycles. The molecule has 2 aliphatic heterocycles. The van der Waals surface area contributed by atoms with Crippen molar-refractivity contribution in [3.05, 3.63) is 65.5 Å². The molecule has 2 aliphatic rings. The van der Waals surface area contributed by atoms with Crippen molar-refractivity contribution < 1.29 is 15.0 Å². The zero-order chi connectivity index (χ0) is 24.9. The minimum Gasteiger partial charge on any atom is -0.380 e. The van der Waals surface area contributed by atoms with Crippen LogP contribution in [0, 0.1) is 0 Å². The van der Waals surface area contributed by atoms with E-state index in [1.165, 1.54) is 18.4 Å². The summed E-state index contributed by atoms with van der Waals surface area (Å²) in [4.78, 5) is 14.8. The minimum absolute atomic E-state index is 0.0952. The normalized spacial score (nSPS) is 17.1. The Morgan fingerprint density at radius 2 is 1.97 bits per heavy atom. The number of piperidine rings is 1. The SMILES string of the molecule is CCCOCCNC(=O)c1ccc(N2C=C(c3n[nH]c4ccc(C5CCN(C)CC5)cc34)[NH2+]N2)cc1. The van der Waals surface area contributed by atoms with Gasteiger partial charge in [-0.2, -0.15) is 5.10 Å². The molecule has 3 aromatic rings. The van der Waals surface area contributed by atoms with E-state index in [2.05, 4.69) is 58.1 Å². The van der Waals surface area contributed by atoms with Gasteiger partial charge in [0.1, 0.15) is 0 Å². The van der Waals surface area contributed by atoms with Crippen molar-refractivity contribution in [1.29, 1.82) is 0 Å². The van der Waals surface area contributed by atoms with Crippen molar-refractivity contribution in [3.63, 3.8) is 0 Å². The van der Waals surface area contributed by atoms with Crippen LogP contribution in [0.15, 0.2) is 48.7 Å². The fourth-order valence-electron chi connectivity index (χ4n) is 4.84. The van der Waals surface area contributed by atoms with E-state index in [9.17, 15) is 4.79 Å². The summed E-state index contributed by atoms with van der Waals surface area (Å²) >= 11 is 0. The summed E-state index contributed by atoms with van der Waals surface area (Å²) in [5.41, 5.74) is 11.2. The highest BCUT2D eigenvalue weighted by Gasteiger charge is 2.25. The van der Waals surface area contributed by atoms with E-state index in [1.54, 1.807) is 0 Å². The summed E-state index contributed by atoms with van der Waals surface area (Å²) in [5.74, 6) is 0.506. The first-order chi connectivity index (χ1) is 17.6. The molecule has 5 N–H and O–H groups in total. The van der Waals surface area contributed by atoms with Crippen LogP contribution in [0.5, 0.6) is 0 Å². The molecule has 2 aromatic carbocycles. The summed E-state index contributed by atoms with van der Waals surface area (Å²) in [6, 6.07) is 14.2. The zero-order valence-corrected chi connectivity index (χ0v) is 21.1. The number of hydrogen-bond acceptors (Lipinski definition) is 6. The Kier molecular flexibility index (Phi) is 7.62. The number of carbonyl (C=O) groups excluding carboxylic acids is 1. The van der Waals surface area contributed by atoms with Crippen LogP contribution < -0.4 is 21.3 Å². The topological polar surface area (TPSA) is 102 Å². The molecule has 36 heavy (non-hydrogen) atoms. The minimum atomic E-state index is -0.0952. The zero-order valence-electron chi connectivity index (χ0n) is 21.1. The highest BCUT2D eigenvalue weighted by atomic mass is 16.5. The standard InChI is InChI=1S/C27H35N7O2/c1-3-15-36-16-12-28-27(35)20-4-7-22(8-5-20)34-18-25(30-32-34)26-23-17-21(6-9-24(23)29-31-26)19-10-13-33(2)14-11-19/h4-9,17-19,30,32H,3,10-16H2,1-2H3,(H,28,35)(H,29,31)/p+1. The number of benzene rings is 2. The van der Waals surface area contributed by atoms with Gasteiger partial charge >= 0.3 is 0 Å². The van der Waals surface area contributed by atoms with Crippen molar-refractivity contribution >= 4 is 28.2 Å². The number of rotatable bonds is 9. The van der Waals surface area contributed by atoms with E-state index in [-0.39, 0.29) is 5.91 Å². The average molecular weight is 491 g/mol. The Morgan fingerprint density at radius 1 is 1.17 bits per heavy atom.